The molecule has 2 atom stereocenters. The first-order chi connectivity index (χ1) is 12.5. The number of ether oxygens (including phenoxy) is 1. The molecule has 1 N–H and O–H groups in total. The van der Waals surface area contributed by atoms with Crippen LogP contribution in [0.3, 0.4) is 0 Å². The molecule has 0 saturated heterocycles. The molecule has 0 amide bonds. The SMILES string of the molecule is CC(C)(C)OC(=O)c1ccc([C@@H](N[S+]([O-])C(C)(C)C)c2ccccc2)cc1. The average molecular weight is 388 g/mol. The predicted octanol–water partition coefficient (Wildman–Crippen LogP) is 4.78. The average Bonchev–Trinajstić information content (AvgIpc) is 2.58. The normalized spacial score (nSPS) is 14.5. The summed E-state index contributed by atoms with van der Waals surface area (Å²) in [6, 6.07) is 16.9. The Morgan fingerprint density at radius 2 is 1.44 bits per heavy atom. The minimum absolute atomic E-state index is 0.237. The highest BCUT2D eigenvalue weighted by atomic mass is 32.2. The number of carbonyl (C=O) groups is 1. The van der Waals surface area contributed by atoms with Crippen LogP contribution in [0.5, 0.6) is 0 Å². The molecule has 0 bridgehead atoms. The number of benzene rings is 2. The van der Waals surface area contributed by atoms with E-state index in [4.69, 9.17) is 4.74 Å². The van der Waals surface area contributed by atoms with E-state index >= 15 is 0 Å². The van der Waals surface area contributed by atoms with Crippen LogP contribution in [0.15, 0.2) is 54.6 Å². The van der Waals surface area contributed by atoms with Crippen LogP contribution >= 0.6 is 0 Å². The first-order valence-corrected chi connectivity index (χ1v) is 10.2. The Bertz CT molecular complexity index is 746. The largest absolute Gasteiger partial charge is 0.598 e. The first kappa shape index (κ1) is 21.5. The molecule has 0 aliphatic rings. The molecule has 5 heteroatoms. The predicted molar refractivity (Wildman–Crippen MR) is 111 cm³/mol. The Balaban J connectivity index is 2.29. The Morgan fingerprint density at radius 1 is 0.926 bits per heavy atom. The van der Waals surface area contributed by atoms with E-state index in [0.29, 0.717) is 5.56 Å². The van der Waals surface area contributed by atoms with Gasteiger partial charge in [-0.25, -0.2) is 4.79 Å². The molecular formula is C22H29NO3S. The fraction of sp³-hybridized carbons (Fsp3) is 0.409. The van der Waals surface area contributed by atoms with Crippen molar-refractivity contribution >= 4 is 17.3 Å². The van der Waals surface area contributed by atoms with Crippen molar-refractivity contribution in [3.8, 4) is 0 Å². The Kier molecular flexibility index (Phi) is 6.73. The lowest BCUT2D eigenvalue weighted by Crippen LogP contribution is -2.41. The van der Waals surface area contributed by atoms with Gasteiger partial charge in [-0.1, -0.05) is 42.5 Å². The van der Waals surface area contributed by atoms with Crippen molar-refractivity contribution in [3.63, 3.8) is 0 Å². The van der Waals surface area contributed by atoms with E-state index in [1.807, 2.05) is 84.0 Å². The molecule has 0 aliphatic carbocycles. The van der Waals surface area contributed by atoms with Crippen molar-refractivity contribution in [1.82, 2.24) is 4.72 Å². The third-order valence-corrected chi connectivity index (χ3v) is 5.35. The van der Waals surface area contributed by atoms with E-state index in [9.17, 15) is 9.35 Å². The van der Waals surface area contributed by atoms with E-state index in [0.717, 1.165) is 11.1 Å². The van der Waals surface area contributed by atoms with Crippen LogP contribution in [0.2, 0.25) is 0 Å². The molecule has 0 saturated carbocycles. The maximum absolute atomic E-state index is 12.7. The molecule has 27 heavy (non-hydrogen) atoms. The van der Waals surface area contributed by atoms with Crippen molar-refractivity contribution in [1.29, 1.82) is 0 Å². The lowest BCUT2D eigenvalue weighted by atomic mass is 9.98. The number of rotatable bonds is 5. The smallest absolute Gasteiger partial charge is 0.338 e. The summed E-state index contributed by atoms with van der Waals surface area (Å²) in [4.78, 5) is 12.2. The highest BCUT2D eigenvalue weighted by molar-refractivity contribution is 7.90. The Labute approximate surface area is 165 Å². The van der Waals surface area contributed by atoms with Gasteiger partial charge in [0.15, 0.2) is 0 Å². The molecule has 0 heterocycles. The van der Waals surface area contributed by atoms with Crippen molar-refractivity contribution in [3.05, 3.63) is 71.3 Å². The number of carbonyl (C=O) groups excluding carboxylic acids is 1. The van der Waals surface area contributed by atoms with E-state index in [2.05, 4.69) is 4.72 Å². The molecule has 2 aromatic carbocycles. The van der Waals surface area contributed by atoms with Crippen molar-refractivity contribution in [2.75, 3.05) is 0 Å². The molecule has 4 nitrogen and oxygen atoms in total. The molecule has 2 rings (SSSR count). The van der Waals surface area contributed by atoms with Gasteiger partial charge in [-0.2, -0.15) is 0 Å². The molecule has 1 unspecified atom stereocenters. The summed E-state index contributed by atoms with van der Waals surface area (Å²) in [7, 11) is 0. The van der Waals surface area contributed by atoms with E-state index in [1.165, 1.54) is 0 Å². The molecule has 146 valence electrons. The Hall–Kier alpha value is -1.82. The molecule has 0 fully saturated rings. The van der Waals surface area contributed by atoms with Gasteiger partial charge in [-0.3, -0.25) is 0 Å². The summed E-state index contributed by atoms with van der Waals surface area (Å²) < 4.78 is 20.9. The third-order valence-electron chi connectivity index (χ3n) is 3.79. The summed E-state index contributed by atoms with van der Waals surface area (Å²) >= 11 is -1.24. The van der Waals surface area contributed by atoms with Crippen LogP contribution in [-0.4, -0.2) is 20.9 Å². The van der Waals surface area contributed by atoms with Gasteiger partial charge in [0.1, 0.15) is 16.4 Å². The van der Waals surface area contributed by atoms with Gasteiger partial charge in [-0.15, -0.1) is 4.72 Å². The van der Waals surface area contributed by atoms with E-state index in [-0.39, 0.29) is 16.8 Å². The topological polar surface area (TPSA) is 61.4 Å². The zero-order valence-electron chi connectivity index (χ0n) is 16.9. The lowest BCUT2D eigenvalue weighted by molar-refractivity contribution is 0.00695. The fourth-order valence-electron chi connectivity index (χ4n) is 2.41. The summed E-state index contributed by atoms with van der Waals surface area (Å²) in [5.41, 5.74) is 1.91. The van der Waals surface area contributed by atoms with Crippen LogP contribution in [0.25, 0.3) is 0 Å². The Morgan fingerprint density at radius 3 is 1.93 bits per heavy atom. The molecule has 0 radical (unpaired) electrons. The van der Waals surface area contributed by atoms with Gasteiger partial charge in [0.25, 0.3) is 0 Å². The minimum Gasteiger partial charge on any atom is -0.598 e. The van der Waals surface area contributed by atoms with Crippen LogP contribution in [-0.2, 0) is 16.1 Å². The van der Waals surface area contributed by atoms with Gasteiger partial charge < -0.3 is 9.29 Å². The highest BCUT2D eigenvalue weighted by Crippen LogP contribution is 2.26. The first-order valence-electron chi connectivity index (χ1n) is 9.04. The maximum Gasteiger partial charge on any atom is 0.338 e. The van der Waals surface area contributed by atoms with Gasteiger partial charge in [-0.05, 0) is 64.8 Å². The monoisotopic (exact) mass is 387 g/mol. The summed E-state index contributed by atoms with van der Waals surface area (Å²) in [6.07, 6.45) is 0. The van der Waals surface area contributed by atoms with E-state index in [1.54, 1.807) is 12.1 Å². The molecule has 0 spiro atoms. The molecule has 2 aromatic rings. The van der Waals surface area contributed by atoms with Crippen molar-refractivity contribution in [2.45, 2.75) is 57.9 Å². The second-order valence-corrected chi connectivity index (χ2v) is 10.5. The van der Waals surface area contributed by atoms with Crippen molar-refractivity contribution < 1.29 is 14.1 Å². The minimum atomic E-state index is -1.24. The van der Waals surface area contributed by atoms with Gasteiger partial charge in [0.2, 0.25) is 0 Å². The number of esters is 1. The van der Waals surface area contributed by atoms with Crippen LogP contribution in [0, 0.1) is 0 Å². The number of hydrogen-bond donors (Lipinski definition) is 1. The molecule has 0 aromatic heterocycles. The zero-order valence-corrected chi connectivity index (χ0v) is 17.7. The second-order valence-electron chi connectivity index (χ2n) is 8.47. The van der Waals surface area contributed by atoms with Gasteiger partial charge >= 0.3 is 5.97 Å². The van der Waals surface area contributed by atoms with Gasteiger partial charge in [0.05, 0.1) is 5.56 Å². The fourth-order valence-corrected chi connectivity index (χ4v) is 3.25. The summed E-state index contributed by atoms with van der Waals surface area (Å²) in [5, 5.41) is 0. The lowest BCUT2D eigenvalue weighted by Gasteiger charge is -2.28. The number of hydrogen-bond acceptors (Lipinski definition) is 4. The number of nitrogens with one attached hydrogen (secondary N) is 1. The summed E-state index contributed by atoms with van der Waals surface area (Å²) in [6.45, 7) is 11.3. The second kappa shape index (κ2) is 8.46. The van der Waals surface area contributed by atoms with Crippen LogP contribution < -0.4 is 4.72 Å². The maximum atomic E-state index is 12.7. The molecule has 0 aliphatic heterocycles. The molecular weight excluding hydrogens is 358 g/mol. The highest BCUT2D eigenvalue weighted by Gasteiger charge is 2.30. The zero-order chi connectivity index (χ0) is 20.2. The standard InChI is InChI=1S/C22H29NO3S/c1-21(2,3)26-20(24)18-14-12-17(13-15-18)19(16-10-8-7-9-11-16)23-27(25)22(4,5)6/h7-15,19,23H,1-6H3/t19-,27?/m0/s1. The van der Waals surface area contributed by atoms with Crippen LogP contribution in [0.4, 0.5) is 0 Å². The summed E-state index contributed by atoms with van der Waals surface area (Å²) in [5.74, 6) is -0.350. The van der Waals surface area contributed by atoms with Gasteiger partial charge in [0, 0.05) is 11.4 Å². The van der Waals surface area contributed by atoms with Crippen molar-refractivity contribution in [2.24, 2.45) is 0 Å². The third kappa shape index (κ3) is 6.38. The van der Waals surface area contributed by atoms with Crippen LogP contribution in [0.1, 0.15) is 69.1 Å². The quantitative estimate of drug-likeness (QED) is 0.592. The van der Waals surface area contributed by atoms with E-state index < -0.39 is 17.0 Å².